The minimum absolute atomic E-state index is 0.0591. The number of aromatic nitrogens is 3. The Labute approximate surface area is 171 Å². The largest absolute Gasteiger partial charge is 0.376 e. The highest BCUT2D eigenvalue weighted by Gasteiger charge is 2.27. The van der Waals surface area contributed by atoms with E-state index in [4.69, 9.17) is 4.74 Å². The van der Waals surface area contributed by atoms with Crippen LogP contribution in [-0.2, 0) is 17.8 Å². The van der Waals surface area contributed by atoms with Gasteiger partial charge in [-0.05, 0) is 37.8 Å². The second-order valence-electron chi connectivity index (χ2n) is 7.67. The number of nitrogens with one attached hydrogen (secondary N) is 1. The molecule has 0 atom stereocenters. The number of amides is 1. The standard InChI is InChI=1S/C21H22N4O3S/c26-19-11-13-12-28-10-9-16(13)24-25(19)15-7-5-14(6-8-15)22-20(27)21-23-17-3-1-2-4-18(17)29-21/h1-4,11,14-15H,5-10,12H2,(H,22,27). The summed E-state index contributed by atoms with van der Waals surface area (Å²) in [5.41, 5.74) is 2.68. The van der Waals surface area contributed by atoms with Crippen LogP contribution in [-0.4, -0.2) is 33.3 Å². The van der Waals surface area contributed by atoms with Crippen molar-refractivity contribution in [1.29, 1.82) is 0 Å². The van der Waals surface area contributed by atoms with E-state index in [1.165, 1.54) is 11.3 Å². The zero-order valence-corrected chi connectivity index (χ0v) is 16.8. The molecule has 1 aliphatic heterocycles. The summed E-state index contributed by atoms with van der Waals surface area (Å²) in [6.07, 6.45) is 4.06. The van der Waals surface area contributed by atoms with E-state index in [0.29, 0.717) is 18.2 Å². The van der Waals surface area contributed by atoms with Crippen molar-refractivity contribution in [3.63, 3.8) is 0 Å². The Hall–Kier alpha value is -2.58. The van der Waals surface area contributed by atoms with Crippen LogP contribution in [0.4, 0.5) is 0 Å². The normalized spacial score (nSPS) is 21.7. The van der Waals surface area contributed by atoms with Crippen LogP contribution >= 0.6 is 11.3 Å². The van der Waals surface area contributed by atoms with E-state index in [1.807, 2.05) is 24.3 Å². The van der Waals surface area contributed by atoms with Crippen molar-refractivity contribution in [2.24, 2.45) is 0 Å². The molecule has 1 fully saturated rings. The lowest BCUT2D eigenvalue weighted by molar-refractivity contribution is 0.0920. The van der Waals surface area contributed by atoms with E-state index >= 15 is 0 Å². The zero-order chi connectivity index (χ0) is 19.8. The molecule has 0 spiro atoms. The predicted molar refractivity (Wildman–Crippen MR) is 110 cm³/mol. The highest BCUT2D eigenvalue weighted by Crippen LogP contribution is 2.28. The minimum atomic E-state index is -0.112. The summed E-state index contributed by atoms with van der Waals surface area (Å²) >= 11 is 1.42. The average molecular weight is 410 g/mol. The van der Waals surface area contributed by atoms with E-state index in [2.05, 4.69) is 15.4 Å². The smallest absolute Gasteiger partial charge is 0.280 e. The van der Waals surface area contributed by atoms with Gasteiger partial charge in [-0.25, -0.2) is 9.67 Å². The highest BCUT2D eigenvalue weighted by atomic mass is 32.1. The van der Waals surface area contributed by atoms with Gasteiger partial charge in [-0.2, -0.15) is 5.10 Å². The van der Waals surface area contributed by atoms with Crippen LogP contribution in [0.3, 0.4) is 0 Å². The van der Waals surface area contributed by atoms with Gasteiger partial charge in [-0.3, -0.25) is 9.59 Å². The van der Waals surface area contributed by atoms with Crippen molar-refractivity contribution >= 4 is 27.5 Å². The summed E-state index contributed by atoms with van der Waals surface area (Å²) in [5, 5.41) is 8.24. The Balaban J connectivity index is 1.24. The lowest BCUT2D eigenvalue weighted by Crippen LogP contribution is -2.40. The number of hydrogen-bond acceptors (Lipinski definition) is 6. The molecule has 3 heterocycles. The van der Waals surface area contributed by atoms with Crippen LogP contribution in [0.1, 0.15) is 52.8 Å². The molecule has 29 heavy (non-hydrogen) atoms. The first-order valence-electron chi connectivity index (χ1n) is 10.0. The number of carbonyl (C=O) groups excluding carboxylic acids is 1. The van der Waals surface area contributed by atoms with Gasteiger partial charge in [-0.1, -0.05) is 12.1 Å². The number of ether oxygens (including phenoxy) is 1. The number of benzene rings is 1. The van der Waals surface area contributed by atoms with Crippen LogP contribution in [0.15, 0.2) is 35.1 Å². The molecule has 150 valence electrons. The fraction of sp³-hybridized carbons (Fsp3) is 0.429. The SMILES string of the molecule is O=C(NC1CCC(n2nc3c(cc2=O)COCC3)CC1)c1nc2ccccc2s1. The molecule has 2 aromatic heterocycles. The van der Waals surface area contributed by atoms with Crippen molar-refractivity contribution in [3.8, 4) is 0 Å². The molecule has 7 nitrogen and oxygen atoms in total. The molecule has 2 aliphatic rings. The summed E-state index contributed by atoms with van der Waals surface area (Å²) in [5.74, 6) is -0.112. The van der Waals surface area contributed by atoms with Gasteiger partial charge in [0.05, 0.1) is 35.2 Å². The second-order valence-corrected chi connectivity index (χ2v) is 8.70. The van der Waals surface area contributed by atoms with Crippen molar-refractivity contribution in [2.45, 2.75) is 50.8 Å². The number of fused-ring (bicyclic) bond motifs is 2. The number of rotatable bonds is 3. The average Bonchev–Trinajstić information content (AvgIpc) is 3.18. The maximum atomic E-state index is 12.6. The third kappa shape index (κ3) is 3.70. The first kappa shape index (κ1) is 18.4. The highest BCUT2D eigenvalue weighted by molar-refractivity contribution is 7.20. The molecule has 3 aromatic rings. The lowest BCUT2D eigenvalue weighted by atomic mass is 9.91. The zero-order valence-electron chi connectivity index (χ0n) is 16.0. The molecule has 1 aromatic carbocycles. The summed E-state index contributed by atoms with van der Waals surface area (Å²) in [4.78, 5) is 29.5. The first-order chi connectivity index (χ1) is 14.2. The Morgan fingerprint density at radius 1 is 1.21 bits per heavy atom. The quantitative estimate of drug-likeness (QED) is 0.718. The molecule has 1 amide bonds. The van der Waals surface area contributed by atoms with Gasteiger partial charge in [0, 0.05) is 24.1 Å². The molecular formula is C21H22N4O3S. The molecule has 0 saturated heterocycles. The maximum Gasteiger partial charge on any atom is 0.280 e. The number of nitrogens with zero attached hydrogens (tertiary/aromatic N) is 3. The van der Waals surface area contributed by atoms with Crippen LogP contribution in [0, 0.1) is 0 Å². The van der Waals surface area contributed by atoms with Crippen LogP contribution in [0.2, 0.25) is 0 Å². The molecule has 1 saturated carbocycles. The number of carbonyl (C=O) groups is 1. The van der Waals surface area contributed by atoms with E-state index < -0.39 is 0 Å². The molecular weight excluding hydrogens is 388 g/mol. The third-order valence-corrected chi connectivity index (χ3v) is 6.76. The summed E-state index contributed by atoms with van der Waals surface area (Å²) in [6.45, 7) is 1.13. The summed E-state index contributed by atoms with van der Waals surface area (Å²) in [6, 6.07) is 9.64. The Kier molecular flexibility index (Phi) is 4.89. The second kappa shape index (κ2) is 7.68. The van der Waals surface area contributed by atoms with Crippen LogP contribution in [0.5, 0.6) is 0 Å². The van der Waals surface area contributed by atoms with Gasteiger partial charge in [0.15, 0.2) is 5.01 Å². The topological polar surface area (TPSA) is 86.1 Å². The van der Waals surface area contributed by atoms with Gasteiger partial charge < -0.3 is 10.1 Å². The van der Waals surface area contributed by atoms with E-state index in [9.17, 15) is 9.59 Å². The fourth-order valence-electron chi connectivity index (χ4n) is 4.17. The Morgan fingerprint density at radius 2 is 2.03 bits per heavy atom. The van der Waals surface area contributed by atoms with Crippen molar-refractivity contribution in [2.75, 3.05) is 6.61 Å². The van der Waals surface area contributed by atoms with E-state index in [0.717, 1.165) is 53.6 Å². The van der Waals surface area contributed by atoms with E-state index in [-0.39, 0.29) is 23.6 Å². The van der Waals surface area contributed by atoms with E-state index in [1.54, 1.807) is 10.7 Å². The van der Waals surface area contributed by atoms with Gasteiger partial charge in [0.1, 0.15) is 0 Å². The minimum Gasteiger partial charge on any atom is -0.376 e. The van der Waals surface area contributed by atoms with Crippen molar-refractivity contribution < 1.29 is 9.53 Å². The maximum absolute atomic E-state index is 12.6. The Bertz CT molecular complexity index is 1080. The van der Waals surface area contributed by atoms with Crippen LogP contribution in [0.25, 0.3) is 10.2 Å². The predicted octanol–water partition coefficient (Wildman–Crippen LogP) is 2.84. The summed E-state index contributed by atoms with van der Waals surface area (Å²) < 4.78 is 8.08. The number of thiazole rings is 1. The fourth-order valence-corrected chi connectivity index (χ4v) is 5.04. The van der Waals surface area contributed by atoms with Gasteiger partial charge in [0.25, 0.3) is 11.5 Å². The molecule has 0 bridgehead atoms. The molecule has 5 rings (SSSR count). The Morgan fingerprint density at radius 3 is 2.86 bits per heavy atom. The van der Waals surface area contributed by atoms with Crippen molar-refractivity contribution in [3.05, 3.63) is 57.0 Å². The molecule has 8 heteroatoms. The first-order valence-corrected chi connectivity index (χ1v) is 10.8. The third-order valence-electron chi connectivity index (χ3n) is 5.73. The van der Waals surface area contributed by atoms with Gasteiger partial charge in [-0.15, -0.1) is 11.3 Å². The summed E-state index contributed by atoms with van der Waals surface area (Å²) in [7, 11) is 0. The lowest BCUT2D eigenvalue weighted by Gasteiger charge is -2.30. The molecule has 0 unspecified atom stereocenters. The monoisotopic (exact) mass is 410 g/mol. The molecule has 1 N–H and O–H groups in total. The molecule has 0 radical (unpaired) electrons. The van der Waals surface area contributed by atoms with Gasteiger partial charge >= 0.3 is 0 Å². The number of para-hydroxylation sites is 1. The molecule has 1 aliphatic carbocycles. The van der Waals surface area contributed by atoms with Crippen LogP contribution < -0.4 is 10.9 Å². The number of hydrogen-bond donors (Lipinski definition) is 1. The van der Waals surface area contributed by atoms with Crippen molar-refractivity contribution in [1.82, 2.24) is 20.1 Å². The van der Waals surface area contributed by atoms with Gasteiger partial charge in [0.2, 0.25) is 0 Å².